The molecule has 1 aliphatic carbocycles. The molecular weight excluding hydrogens is 444 g/mol. The van der Waals surface area contributed by atoms with Gasteiger partial charge in [0.25, 0.3) is 0 Å². The number of aryl methyl sites for hydroxylation is 1. The lowest BCUT2D eigenvalue weighted by Crippen LogP contribution is -2.51. The minimum atomic E-state index is -3.81. The fourth-order valence-electron chi connectivity index (χ4n) is 4.87. The molecule has 0 radical (unpaired) electrons. The molecular formula is C23H34N4O5S. The standard InChI is InChI=1S/C23H34N4O5S/c1-31-21-9-5-6-10-23(21)33(29,30)25-19-12-11-18(32-22(19)16-28)13-14-27-15-20(24-26-27)17-7-3-2-4-8-17/h5-6,9-10,15,17-19,22,25,28H,2-4,7-8,11-14,16H2,1H3/t18-,19+,22+/m1/s1. The maximum absolute atomic E-state index is 12.9. The van der Waals surface area contributed by atoms with Crippen molar-refractivity contribution in [2.24, 2.45) is 0 Å². The summed E-state index contributed by atoms with van der Waals surface area (Å²) in [6, 6.07) is 5.97. The second-order valence-electron chi connectivity index (χ2n) is 8.97. The van der Waals surface area contributed by atoms with Crippen LogP contribution in [0.4, 0.5) is 0 Å². The highest BCUT2D eigenvalue weighted by atomic mass is 32.2. The molecule has 3 atom stereocenters. The summed E-state index contributed by atoms with van der Waals surface area (Å²) >= 11 is 0. The van der Waals surface area contributed by atoms with Gasteiger partial charge in [0, 0.05) is 18.7 Å². The zero-order valence-electron chi connectivity index (χ0n) is 19.1. The highest BCUT2D eigenvalue weighted by molar-refractivity contribution is 7.89. The van der Waals surface area contributed by atoms with Gasteiger partial charge in [-0.25, -0.2) is 13.1 Å². The van der Waals surface area contributed by atoms with Crippen LogP contribution in [-0.2, 0) is 21.3 Å². The van der Waals surface area contributed by atoms with E-state index in [1.54, 1.807) is 18.2 Å². The topological polar surface area (TPSA) is 116 Å². The van der Waals surface area contributed by atoms with Crippen molar-refractivity contribution >= 4 is 10.0 Å². The molecule has 33 heavy (non-hydrogen) atoms. The van der Waals surface area contributed by atoms with Gasteiger partial charge in [-0.1, -0.05) is 36.6 Å². The van der Waals surface area contributed by atoms with Gasteiger partial charge >= 0.3 is 0 Å². The lowest BCUT2D eigenvalue weighted by atomic mass is 9.87. The van der Waals surface area contributed by atoms with Crippen LogP contribution in [0.3, 0.4) is 0 Å². The zero-order valence-corrected chi connectivity index (χ0v) is 19.9. The normalized spacial score (nSPS) is 24.6. The second-order valence-corrected chi connectivity index (χ2v) is 10.6. The molecule has 10 heteroatoms. The average molecular weight is 479 g/mol. The van der Waals surface area contributed by atoms with Gasteiger partial charge < -0.3 is 14.6 Å². The Kier molecular flexibility index (Phi) is 8.00. The molecule has 1 saturated carbocycles. The van der Waals surface area contributed by atoms with Gasteiger partial charge in [0.05, 0.1) is 37.7 Å². The van der Waals surface area contributed by atoms with Crippen LogP contribution in [0.15, 0.2) is 35.4 Å². The number of aromatic nitrogens is 3. The van der Waals surface area contributed by atoms with Crippen LogP contribution in [0.1, 0.15) is 63.0 Å². The van der Waals surface area contributed by atoms with Gasteiger partial charge in [-0.05, 0) is 44.2 Å². The first-order chi connectivity index (χ1) is 16.0. The van der Waals surface area contributed by atoms with E-state index in [1.165, 1.54) is 45.3 Å². The molecule has 2 aromatic rings. The Bertz CT molecular complexity index is 1010. The molecule has 2 N–H and O–H groups in total. The Morgan fingerprint density at radius 3 is 2.73 bits per heavy atom. The number of para-hydroxylation sites is 1. The number of aliphatic hydroxyl groups is 1. The summed E-state index contributed by atoms with van der Waals surface area (Å²) in [6.45, 7) is 0.422. The first kappa shape index (κ1) is 24.1. The van der Waals surface area contributed by atoms with Crippen LogP contribution in [0.5, 0.6) is 5.75 Å². The molecule has 2 fully saturated rings. The monoisotopic (exact) mass is 478 g/mol. The number of benzene rings is 1. The predicted molar refractivity (Wildman–Crippen MR) is 123 cm³/mol. The van der Waals surface area contributed by atoms with Crippen LogP contribution in [0, 0.1) is 0 Å². The van der Waals surface area contributed by atoms with Gasteiger partial charge in [0.15, 0.2) is 0 Å². The molecule has 9 nitrogen and oxygen atoms in total. The van der Waals surface area contributed by atoms with E-state index in [-0.39, 0.29) is 23.4 Å². The summed E-state index contributed by atoms with van der Waals surface area (Å²) in [7, 11) is -2.38. The van der Waals surface area contributed by atoms with Crippen molar-refractivity contribution in [2.75, 3.05) is 13.7 Å². The molecule has 1 aromatic heterocycles. The molecule has 0 amide bonds. The minimum absolute atomic E-state index is 0.0727. The Labute approximate surface area is 195 Å². The molecule has 4 rings (SSSR count). The lowest BCUT2D eigenvalue weighted by Gasteiger charge is -2.36. The Morgan fingerprint density at radius 2 is 1.97 bits per heavy atom. The van der Waals surface area contributed by atoms with Gasteiger partial charge in [0.2, 0.25) is 10.0 Å². The van der Waals surface area contributed by atoms with E-state index in [4.69, 9.17) is 9.47 Å². The quantitative estimate of drug-likeness (QED) is 0.569. The van der Waals surface area contributed by atoms with Crippen molar-refractivity contribution < 1.29 is 23.0 Å². The van der Waals surface area contributed by atoms with Crippen LogP contribution in [-0.4, -0.2) is 60.5 Å². The first-order valence-corrected chi connectivity index (χ1v) is 13.3. The Morgan fingerprint density at radius 1 is 1.18 bits per heavy atom. The van der Waals surface area contributed by atoms with Crippen LogP contribution < -0.4 is 9.46 Å². The minimum Gasteiger partial charge on any atom is -0.495 e. The number of hydrogen-bond donors (Lipinski definition) is 2. The molecule has 0 spiro atoms. The molecule has 2 heterocycles. The predicted octanol–water partition coefficient (Wildman–Crippen LogP) is 2.61. The van der Waals surface area contributed by atoms with Gasteiger partial charge in [-0.3, -0.25) is 4.68 Å². The molecule has 182 valence electrons. The van der Waals surface area contributed by atoms with Crippen LogP contribution in [0.2, 0.25) is 0 Å². The van der Waals surface area contributed by atoms with Crippen molar-refractivity contribution in [3.63, 3.8) is 0 Å². The summed E-state index contributed by atoms with van der Waals surface area (Å²) in [4.78, 5) is 0.0752. The lowest BCUT2D eigenvalue weighted by molar-refractivity contribution is -0.0891. The number of rotatable bonds is 9. The summed E-state index contributed by atoms with van der Waals surface area (Å²) in [5.74, 6) is 0.801. The zero-order chi connectivity index (χ0) is 23.3. The third-order valence-corrected chi connectivity index (χ3v) is 8.25. The van der Waals surface area contributed by atoms with Crippen molar-refractivity contribution in [3.05, 3.63) is 36.2 Å². The Balaban J connectivity index is 1.32. The summed E-state index contributed by atoms with van der Waals surface area (Å²) in [5.41, 5.74) is 1.08. The fourth-order valence-corrected chi connectivity index (χ4v) is 6.34. The van der Waals surface area contributed by atoms with E-state index < -0.39 is 22.2 Å². The average Bonchev–Trinajstić information content (AvgIpc) is 3.33. The number of ether oxygens (including phenoxy) is 2. The SMILES string of the molecule is COc1ccccc1S(=O)(=O)N[C@H]1CC[C@H](CCn2cc(C3CCCCC3)nn2)O[C@H]1CO. The van der Waals surface area contributed by atoms with Crippen LogP contribution in [0.25, 0.3) is 0 Å². The maximum atomic E-state index is 12.9. The molecule has 2 aliphatic rings. The number of nitrogens with one attached hydrogen (secondary N) is 1. The number of hydrogen-bond acceptors (Lipinski definition) is 7. The number of aliphatic hydroxyl groups excluding tert-OH is 1. The van der Waals surface area contributed by atoms with E-state index >= 15 is 0 Å². The Hall–Kier alpha value is -2.01. The first-order valence-electron chi connectivity index (χ1n) is 11.8. The van der Waals surface area contributed by atoms with E-state index in [1.807, 2.05) is 10.9 Å². The highest BCUT2D eigenvalue weighted by Crippen LogP contribution is 2.31. The van der Waals surface area contributed by atoms with Crippen molar-refractivity contribution in [1.82, 2.24) is 19.7 Å². The molecule has 0 unspecified atom stereocenters. The second kappa shape index (κ2) is 10.9. The fraction of sp³-hybridized carbons (Fsp3) is 0.652. The summed E-state index contributed by atoms with van der Waals surface area (Å²) in [5, 5.41) is 18.5. The molecule has 1 aliphatic heterocycles. The van der Waals surface area contributed by atoms with Gasteiger partial charge in [-0.2, -0.15) is 0 Å². The maximum Gasteiger partial charge on any atom is 0.244 e. The van der Waals surface area contributed by atoms with Crippen molar-refractivity contribution in [3.8, 4) is 5.75 Å². The molecule has 1 aromatic carbocycles. The third-order valence-electron chi connectivity index (χ3n) is 6.72. The summed E-state index contributed by atoms with van der Waals surface area (Å²) < 4.78 is 41.7. The smallest absolute Gasteiger partial charge is 0.244 e. The van der Waals surface area contributed by atoms with E-state index in [0.717, 1.165) is 12.1 Å². The number of sulfonamides is 1. The van der Waals surface area contributed by atoms with Gasteiger partial charge in [-0.15, -0.1) is 5.10 Å². The van der Waals surface area contributed by atoms with Gasteiger partial charge in [0.1, 0.15) is 10.6 Å². The van der Waals surface area contributed by atoms with Crippen molar-refractivity contribution in [2.45, 2.75) is 87.0 Å². The number of nitrogens with zero attached hydrogens (tertiary/aromatic N) is 3. The highest BCUT2D eigenvalue weighted by Gasteiger charge is 2.34. The van der Waals surface area contributed by atoms with E-state index in [9.17, 15) is 13.5 Å². The summed E-state index contributed by atoms with van der Waals surface area (Å²) in [6.07, 6.45) is 9.58. The third kappa shape index (κ3) is 5.92. The van der Waals surface area contributed by atoms with Crippen LogP contribution >= 0.6 is 0 Å². The molecule has 0 bridgehead atoms. The van der Waals surface area contributed by atoms with E-state index in [2.05, 4.69) is 15.0 Å². The molecule has 1 saturated heterocycles. The van der Waals surface area contributed by atoms with Crippen molar-refractivity contribution in [1.29, 1.82) is 0 Å². The number of methoxy groups -OCH3 is 1. The largest absolute Gasteiger partial charge is 0.495 e. The van der Waals surface area contributed by atoms with E-state index in [0.29, 0.717) is 25.3 Å².